The standard InChI is InChI=1S/C25H25N5O3/c1-24(11-16-5-4-6-19(9-16)32-3)14-25(22(31)30(2)23(26)29-25)20-10-17(7-8-21(20)33-24)18-12-27-15-28-13-18/h4-10,12-13,15H,11,14H2,1-3H3,(H2,26,29)/t24-,25?/m1/s1. The van der Waals surface area contributed by atoms with Gasteiger partial charge in [0.2, 0.25) is 0 Å². The predicted octanol–water partition coefficient (Wildman–Crippen LogP) is 2.92. The number of fused-ring (bicyclic) bond motifs is 2. The summed E-state index contributed by atoms with van der Waals surface area (Å²) in [7, 11) is 3.29. The van der Waals surface area contributed by atoms with Crippen molar-refractivity contribution in [2.45, 2.75) is 30.9 Å². The van der Waals surface area contributed by atoms with Crippen molar-refractivity contribution in [3.63, 3.8) is 0 Å². The highest BCUT2D eigenvalue weighted by Crippen LogP contribution is 2.50. The number of likely N-dealkylation sites (N-methyl/N-ethyl adjacent to an activating group) is 1. The Kier molecular flexibility index (Phi) is 4.81. The number of carbonyl (C=O) groups excluding carboxylic acids is 1. The second-order valence-corrected chi connectivity index (χ2v) is 8.79. The molecular formula is C25H25N5O3. The van der Waals surface area contributed by atoms with Crippen molar-refractivity contribution < 1.29 is 14.3 Å². The van der Waals surface area contributed by atoms with Gasteiger partial charge in [0.25, 0.3) is 5.91 Å². The van der Waals surface area contributed by atoms with Gasteiger partial charge in [-0.15, -0.1) is 0 Å². The van der Waals surface area contributed by atoms with Gasteiger partial charge in [-0.1, -0.05) is 18.2 Å². The number of aliphatic imine (C=N–C) groups is 1. The first-order valence-corrected chi connectivity index (χ1v) is 10.7. The molecule has 3 heterocycles. The van der Waals surface area contributed by atoms with Crippen LogP contribution >= 0.6 is 0 Å². The minimum atomic E-state index is -1.16. The lowest BCUT2D eigenvalue weighted by Crippen LogP contribution is -2.51. The van der Waals surface area contributed by atoms with Crippen LogP contribution in [0, 0.1) is 0 Å². The summed E-state index contributed by atoms with van der Waals surface area (Å²) in [6.07, 6.45) is 5.88. The molecule has 1 aromatic heterocycles. The summed E-state index contributed by atoms with van der Waals surface area (Å²) in [5.74, 6) is 1.43. The van der Waals surface area contributed by atoms with Gasteiger partial charge < -0.3 is 15.2 Å². The maximum absolute atomic E-state index is 13.6. The maximum Gasteiger partial charge on any atom is 0.261 e. The Hall–Kier alpha value is -3.94. The molecule has 0 bridgehead atoms. The number of hydrogen-bond donors (Lipinski definition) is 1. The minimum Gasteiger partial charge on any atom is -0.497 e. The zero-order valence-corrected chi connectivity index (χ0v) is 18.8. The molecule has 0 saturated heterocycles. The van der Waals surface area contributed by atoms with Crippen molar-refractivity contribution in [3.05, 3.63) is 72.3 Å². The van der Waals surface area contributed by atoms with E-state index < -0.39 is 11.1 Å². The molecule has 168 valence electrons. The largest absolute Gasteiger partial charge is 0.497 e. The first kappa shape index (κ1) is 20.9. The van der Waals surface area contributed by atoms with Gasteiger partial charge in [0.05, 0.1) is 7.11 Å². The number of nitrogens with zero attached hydrogens (tertiary/aromatic N) is 4. The number of hydrogen-bond acceptors (Lipinski definition) is 7. The Morgan fingerprint density at radius 2 is 1.94 bits per heavy atom. The molecule has 0 saturated carbocycles. The molecule has 5 rings (SSSR count). The summed E-state index contributed by atoms with van der Waals surface area (Å²) in [5.41, 5.74) is 7.75. The van der Waals surface area contributed by atoms with E-state index in [0.29, 0.717) is 24.2 Å². The van der Waals surface area contributed by atoms with Gasteiger partial charge in [-0.2, -0.15) is 0 Å². The molecule has 8 nitrogen and oxygen atoms in total. The van der Waals surface area contributed by atoms with Crippen LogP contribution in [-0.2, 0) is 16.8 Å². The Bertz CT molecular complexity index is 1260. The Balaban J connectivity index is 1.62. The van der Waals surface area contributed by atoms with E-state index in [-0.39, 0.29) is 11.9 Å². The molecule has 1 spiro atoms. The van der Waals surface area contributed by atoms with Crippen LogP contribution in [0.2, 0.25) is 0 Å². The number of nitrogens with two attached hydrogens (primary N) is 1. The molecule has 2 N–H and O–H groups in total. The lowest BCUT2D eigenvalue weighted by molar-refractivity contribution is -0.133. The van der Waals surface area contributed by atoms with Gasteiger partial charge in [-0.05, 0) is 42.3 Å². The fourth-order valence-electron chi connectivity index (χ4n) is 4.81. The van der Waals surface area contributed by atoms with Crippen molar-refractivity contribution in [1.29, 1.82) is 0 Å². The number of ether oxygens (including phenoxy) is 2. The predicted molar refractivity (Wildman–Crippen MR) is 124 cm³/mol. The summed E-state index contributed by atoms with van der Waals surface area (Å²) in [6, 6.07) is 13.6. The number of benzene rings is 2. The Morgan fingerprint density at radius 1 is 1.15 bits per heavy atom. The number of carbonyl (C=O) groups is 1. The molecule has 8 heteroatoms. The SMILES string of the molecule is COc1cccc(C[C@]2(C)CC3(N=C(N)N(C)C3=O)c3cc(-c4cncnc4)ccc3O2)c1. The molecule has 2 aromatic carbocycles. The zero-order chi connectivity index (χ0) is 23.2. The van der Waals surface area contributed by atoms with Crippen molar-refractivity contribution in [2.24, 2.45) is 10.7 Å². The summed E-state index contributed by atoms with van der Waals surface area (Å²) in [4.78, 5) is 27.9. The number of methoxy groups -OCH3 is 1. The van der Waals surface area contributed by atoms with Gasteiger partial charge in [-0.25, -0.2) is 15.0 Å². The van der Waals surface area contributed by atoms with E-state index in [9.17, 15) is 4.79 Å². The zero-order valence-electron chi connectivity index (χ0n) is 18.8. The van der Waals surface area contributed by atoms with E-state index in [1.165, 1.54) is 11.2 Å². The van der Waals surface area contributed by atoms with Gasteiger partial charge in [0.1, 0.15) is 23.4 Å². The van der Waals surface area contributed by atoms with Crippen LogP contribution in [0.5, 0.6) is 11.5 Å². The van der Waals surface area contributed by atoms with Crippen LogP contribution in [0.1, 0.15) is 24.5 Å². The van der Waals surface area contributed by atoms with Crippen LogP contribution in [-0.4, -0.2) is 46.5 Å². The Labute approximate surface area is 192 Å². The van der Waals surface area contributed by atoms with Crippen molar-refractivity contribution in [3.8, 4) is 22.6 Å². The molecule has 3 aromatic rings. The second kappa shape index (κ2) is 7.58. The summed E-state index contributed by atoms with van der Waals surface area (Å²) < 4.78 is 11.9. The molecular weight excluding hydrogens is 418 g/mol. The lowest BCUT2D eigenvalue weighted by atomic mass is 9.74. The first-order chi connectivity index (χ1) is 15.8. The van der Waals surface area contributed by atoms with E-state index in [2.05, 4.69) is 9.97 Å². The van der Waals surface area contributed by atoms with E-state index in [1.807, 2.05) is 49.4 Å². The average Bonchev–Trinajstić information content (AvgIpc) is 3.03. The van der Waals surface area contributed by atoms with E-state index >= 15 is 0 Å². The molecule has 1 unspecified atom stereocenters. The van der Waals surface area contributed by atoms with Gasteiger partial charge >= 0.3 is 0 Å². The highest BCUT2D eigenvalue weighted by atomic mass is 16.5. The lowest BCUT2D eigenvalue weighted by Gasteiger charge is -2.43. The number of rotatable bonds is 4. The third-order valence-corrected chi connectivity index (χ3v) is 6.32. The molecule has 1 amide bonds. The molecule has 2 aliphatic rings. The second-order valence-electron chi connectivity index (χ2n) is 8.79. The topological polar surface area (TPSA) is 103 Å². The Morgan fingerprint density at radius 3 is 2.64 bits per heavy atom. The van der Waals surface area contributed by atoms with Crippen molar-refractivity contribution in [1.82, 2.24) is 14.9 Å². The normalized spacial score (nSPS) is 23.8. The monoisotopic (exact) mass is 443 g/mol. The highest BCUT2D eigenvalue weighted by Gasteiger charge is 2.56. The third kappa shape index (κ3) is 3.47. The van der Waals surface area contributed by atoms with Crippen LogP contribution in [0.25, 0.3) is 11.1 Å². The van der Waals surface area contributed by atoms with Crippen LogP contribution < -0.4 is 15.2 Å². The molecule has 0 fully saturated rings. The summed E-state index contributed by atoms with van der Waals surface area (Å²) in [5, 5.41) is 0. The van der Waals surface area contributed by atoms with E-state index in [0.717, 1.165) is 22.4 Å². The fourth-order valence-corrected chi connectivity index (χ4v) is 4.81. The highest BCUT2D eigenvalue weighted by molar-refractivity contribution is 6.07. The van der Waals surface area contributed by atoms with Crippen molar-refractivity contribution in [2.75, 3.05) is 14.2 Å². The smallest absolute Gasteiger partial charge is 0.261 e. The fraction of sp³-hybridized carbons (Fsp3) is 0.280. The molecule has 0 aliphatic carbocycles. The number of aromatic nitrogens is 2. The average molecular weight is 444 g/mol. The van der Waals surface area contributed by atoms with Crippen LogP contribution in [0.3, 0.4) is 0 Å². The summed E-state index contributed by atoms with van der Waals surface area (Å²) >= 11 is 0. The third-order valence-electron chi connectivity index (χ3n) is 6.32. The summed E-state index contributed by atoms with van der Waals surface area (Å²) in [6.45, 7) is 2.01. The van der Waals surface area contributed by atoms with Crippen LogP contribution in [0.4, 0.5) is 0 Å². The quantitative estimate of drug-likeness (QED) is 0.665. The molecule has 0 radical (unpaired) electrons. The molecule has 2 atom stereocenters. The first-order valence-electron chi connectivity index (χ1n) is 10.7. The number of amides is 1. The minimum absolute atomic E-state index is 0.164. The molecule has 33 heavy (non-hydrogen) atoms. The maximum atomic E-state index is 13.6. The van der Waals surface area contributed by atoms with E-state index in [4.69, 9.17) is 20.2 Å². The van der Waals surface area contributed by atoms with Gasteiger partial charge in [-0.3, -0.25) is 9.69 Å². The van der Waals surface area contributed by atoms with E-state index in [1.54, 1.807) is 26.6 Å². The van der Waals surface area contributed by atoms with Crippen molar-refractivity contribution >= 4 is 11.9 Å². The van der Waals surface area contributed by atoms with Crippen LogP contribution in [0.15, 0.2) is 66.2 Å². The molecule has 2 aliphatic heterocycles. The van der Waals surface area contributed by atoms with Gasteiger partial charge in [0, 0.05) is 43.4 Å². The van der Waals surface area contributed by atoms with Gasteiger partial charge in [0.15, 0.2) is 11.5 Å². The number of guanidine groups is 1.